The number of Topliss-reactive ketones (excluding diaryl/α,β-unsaturated/α-hetero) is 1. The number of rotatable bonds is 6. The lowest BCUT2D eigenvalue weighted by atomic mass is 10.0. The first-order valence-corrected chi connectivity index (χ1v) is 6.36. The fourth-order valence-corrected chi connectivity index (χ4v) is 1.73. The zero-order valence-corrected chi connectivity index (χ0v) is 11.5. The second kappa shape index (κ2) is 6.77. The van der Waals surface area contributed by atoms with Crippen LogP contribution < -0.4 is 0 Å². The van der Waals surface area contributed by atoms with E-state index in [1.165, 1.54) is 5.56 Å². The van der Waals surface area contributed by atoms with Crippen molar-refractivity contribution in [3.63, 3.8) is 0 Å². The fourth-order valence-electron chi connectivity index (χ4n) is 1.61. The van der Waals surface area contributed by atoms with Crippen LogP contribution in [0.2, 0.25) is 5.02 Å². The van der Waals surface area contributed by atoms with Gasteiger partial charge in [-0.05, 0) is 31.2 Å². The van der Waals surface area contributed by atoms with E-state index >= 15 is 0 Å². The van der Waals surface area contributed by atoms with Gasteiger partial charge in [0.1, 0.15) is 5.78 Å². The lowest BCUT2D eigenvalue weighted by molar-refractivity contribution is -0.123. The maximum atomic E-state index is 11.8. The van der Waals surface area contributed by atoms with Crippen LogP contribution in [0.15, 0.2) is 24.3 Å². The minimum Gasteiger partial charge on any atom is -0.298 e. The summed E-state index contributed by atoms with van der Waals surface area (Å²) in [5.41, 5.74) is 1.17. The Labute approximate surface area is 109 Å². The van der Waals surface area contributed by atoms with Crippen LogP contribution in [0.25, 0.3) is 0 Å². The van der Waals surface area contributed by atoms with E-state index in [-0.39, 0.29) is 5.92 Å². The zero-order valence-electron chi connectivity index (χ0n) is 10.7. The molecule has 0 amide bonds. The molecule has 0 bridgehead atoms. The molecule has 0 heterocycles. The molecule has 94 valence electrons. The summed E-state index contributed by atoms with van der Waals surface area (Å²) >= 11 is 5.83. The van der Waals surface area contributed by atoms with Crippen LogP contribution in [-0.2, 0) is 11.3 Å². The highest BCUT2D eigenvalue weighted by atomic mass is 35.5. The second-order valence-corrected chi connectivity index (χ2v) is 5.01. The third-order valence-corrected chi connectivity index (χ3v) is 3.21. The summed E-state index contributed by atoms with van der Waals surface area (Å²) in [6, 6.07) is 7.74. The Bertz CT molecular complexity index is 361. The molecule has 0 fully saturated rings. The van der Waals surface area contributed by atoms with Crippen molar-refractivity contribution in [1.82, 2.24) is 4.90 Å². The van der Waals surface area contributed by atoms with Crippen molar-refractivity contribution in [2.24, 2.45) is 5.92 Å². The number of carbonyl (C=O) groups is 1. The van der Waals surface area contributed by atoms with E-state index in [0.717, 1.165) is 18.0 Å². The molecule has 0 aromatic heterocycles. The molecular weight excluding hydrogens is 234 g/mol. The van der Waals surface area contributed by atoms with E-state index in [0.29, 0.717) is 12.3 Å². The van der Waals surface area contributed by atoms with Crippen LogP contribution in [0.1, 0.15) is 25.8 Å². The Balaban J connectivity index is 2.47. The number of benzene rings is 1. The van der Waals surface area contributed by atoms with Crippen LogP contribution in [0, 0.1) is 5.92 Å². The number of carbonyl (C=O) groups excluding carboxylic acids is 1. The molecule has 0 aliphatic heterocycles. The first-order chi connectivity index (χ1) is 8.02. The molecule has 0 aliphatic carbocycles. The van der Waals surface area contributed by atoms with Crippen molar-refractivity contribution < 1.29 is 4.79 Å². The summed E-state index contributed by atoms with van der Waals surface area (Å²) in [6.45, 7) is 5.32. The van der Waals surface area contributed by atoms with Crippen molar-refractivity contribution >= 4 is 17.4 Å². The molecule has 1 aromatic carbocycles. The number of hydrogen-bond donors (Lipinski definition) is 0. The van der Waals surface area contributed by atoms with Crippen LogP contribution in [0.5, 0.6) is 0 Å². The molecule has 0 radical (unpaired) electrons. The van der Waals surface area contributed by atoms with Gasteiger partial charge in [-0.3, -0.25) is 9.69 Å². The summed E-state index contributed by atoms with van der Waals surface area (Å²) in [6.07, 6.45) is 0.910. The van der Waals surface area contributed by atoms with Gasteiger partial charge in [-0.25, -0.2) is 0 Å². The van der Waals surface area contributed by atoms with Gasteiger partial charge in [0.2, 0.25) is 0 Å². The number of halogens is 1. The van der Waals surface area contributed by atoms with Gasteiger partial charge in [0, 0.05) is 17.5 Å². The molecule has 3 heteroatoms. The fraction of sp³-hybridized carbons (Fsp3) is 0.500. The SMILES string of the molecule is CCC(C)C(=O)CN(C)Cc1ccc(Cl)cc1. The standard InChI is InChI=1S/C14H20ClNO/c1-4-11(2)14(17)10-16(3)9-12-5-7-13(15)8-6-12/h5-8,11H,4,9-10H2,1-3H3. The molecule has 0 aliphatic rings. The molecule has 1 unspecified atom stereocenters. The number of likely N-dealkylation sites (N-methyl/N-ethyl adjacent to an activating group) is 1. The molecule has 1 atom stereocenters. The molecule has 1 rings (SSSR count). The predicted molar refractivity (Wildman–Crippen MR) is 72.2 cm³/mol. The van der Waals surface area contributed by atoms with E-state index in [9.17, 15) is 4.79 Å². The minimum atomic E-state index is 0.155. The van der Waals surface area contributed by atoms with Gasteiger partial charge in [0.25, 0.3) is 0 Å². The summed E-state index contributed by atoms with van der Waals surface area (Å²) in [5.74, 6) is 0.464. The highest BCUT2D eigenvalue weighted by Gasteiger charge is 2.13. The molecule has 0 spiro atoms. The van der Waals surface area contributed by atoms with Crippen molar-refractivity contribution in [3.8, 4) is 0 Å². The third kappa shape index (κ3) is 4.88. The third-order valence-electron chi connectivity index (χ3n) is 2.95. The van der Waals surface area contributed by atoms with Crippen molar-refractivity contribution in [1.29, 1.82) is 0 Å². The van der Waals surface area contributed by atoms with Crippen LogP contribution >= 0.6 is 11.6 Å². The van der Waals surface area contributed by atoms with Gasteiger partial charge in [-0.15, -0.1) is 0 Å². The normalized spacial score (nSPS) is 12.8. The van der Waals surface area contributed by atoms with E-state index in [1.54, 1.807) is 0 Å². The van der Waals surface area contributed by atoms with Gasteiger partial charge in [-0.1, -0.05) is 37.6 Å². The highest BCUT2D eigenvalue weighted by molar-refractivity contribution is 6.30. The maximum absolute atomic E-state index is 11.8. The van der Waals surface area contributed by atoms with E-state index in [4.69, 9.17) is 11.6 Å². The Morgan fingerprint density at radius 3 is 2.47 bits per heavy atom. The van der Waals surface area contributed by atoms with Crippen molar-refractivity contribution in [2.75, 3.05) is 13.6 Å². The Hall–Kier alpha value is -0.860. The van der Waals surface area contributed by atoms with Gasteiger partial charge < -0.3 is 0 Å². The monoisotopic (exact) mass is 253 g/mol. The van der Waals surface area contributed by atoms with Gasteiger partial charge in [0.05, 0.1) is 6.54 Å². The smallest absolute Gasteiger partial charge is 0.149 e. The second-order valence-electron chi connectivity index (χ2n) is 4.57. The number of ketones is 1. The highest BCUT2D eigenvalue weighted by Crippen LogP contribution is 2.11. The van der Waals surface area contributed by atoms with Crippen LogP contribution in [0.4, 0.5) is 0 Å². The van der Waals surface area contributed by atoms with Crippen LogP contribution in [-0.4, -0.2) is 24.3 Å². The van der Waals surface area contributed by atoms with E-state index in [1.807, 2.05) is 50.1 Å². The Kier molecular flexibility index (Phi) is 5.66. The van der Waals surface area contributed by atoms with Crippen LogP contribution in [0.3, 0.4) is 0 Å². The van der Waals surface area contributed by atoms with Crippen molar-refractivity contribution in [3.05, 3.63) is 34.9 Å². The summed E-state index contributed by atoms with van der Waals surface area (Å²) in [5, 5.41) is 0.743. The number of nitrogens with zero attached hydrogens (tertiary/aromatic N) is 1. The van der Waals surface area contributed by atoms with Gasteiger partial charge in [0.15, 0.2) is 0 Å². The Morgan fingerprint density at radius 2 is 1.94 bits per heavy atom. The maximum Gasteiger partial charge on any atom is 0.149 e. The van der Waals surface area contributed by atoms with Gasteiger partial charge >= 0.3 is 0 Å². The van der Waals surface area contributed by atoms with Crippen molar-refractivity contribution in [2.45, 2.75) is 26.8 Å². The lowest BCUT2D eigenvalue weighted by Gasteiger charge is -2.18. The minimum absolute atomic E-state index is 0.155. The van der Waals surface area contributed by atoms with E-state index in [2.05, 4.69) is 0 Å². The van der Waals surface area contributed by atoms with Gasteiger partial charge in [-0.2, -0.15) is 0 Å². The molecule has 0 saturated carbocycles. The molecule has 0 saturated heterocycles. The average Bonchev–Trinajstić information content (AvgIpc) is 2.30. The lowest BCUT2D eigenvalue weighted by Crippen LogP contribution is -2.28. The molecule has 2 nitrogen and oxygen atoms in total. The molecular formula is C14H20ClNO. The molecule has 1 aromatic rings. The number of hydrogen-bond acceptors (Lipinski definition) is 2. The molecule has 0 N–H and O–H groups in total. The average molecular weight is 254 g/mol. The summed E-state index contributed by atoms with van der Waals surface area (Å²) < 4.78 is 0. The summed E-state index contributed by atoms with van der Waals surface area (Å²) in [7, 11) is 1.97. The first kappa shape index (κ1) is 14.2. The largest absolute Gasteiger partial charge is 0.298 e. The predicted octanol–water partition coefficient (Wildman–Crippen LogP) is 3.39. The molecule has 17 heavy (non-hydrogen) atoms. The topological polar surface area (TPSA) is 20.3 Å². The van der Waals surface area contributed by atoms with E-state index < -0.39 is 0 Å². The first-order valence-electron chi connectivity index (χ1n) is 5.98. The summed E-state index contributed by atoms with van der Waals surface area (Å²) in [4.78, 5) is 13.8. The Morgan fingerprint density at radius 1 is 1.35 bits per heavy atom. The zero-order chi connectivity index (χ0) is 12.8. The quantitative estimate of drug-likeness (QED) is 0.775.